The molecule has 1 atom stereocenters. The lowest BCUT2D eigenvalue weighted by molar-refractivity contribution is -0.367. The molecule has 0 aliphatic heterocycles. The van der Waals surface area contributed by atoms with Crippen LogP contribution in [0.2, 0.25) is 0 Å². The van der Waals surface area contributed by atoms with Crippen LogP contribution in [-0.2, 0) is 19.3 Å². The zero-order chi connectivity index (χ0) is 18.2. The molecule has 0 spiro atoms. The lowest BCUT2D eigenvalue weighted by Gasteiger charge is -2.22. The summed E-state index contributed by atoms with van der Waals surface area (Å²) < 4.78 is 5.18. The monoisotopic (exact) mass is 337 g/mol. The summed E-state index contributed by atoms with van der Waals surface area (Å²) in [6, 6.07) is 8.75. The first kappa shape index (κ1) is 20.3. The van der Waals surface area contributed by atoms with Crippen molar-refractivity contribution in [1.29, 1.82) is 0 Å². The van der Waals surface area contributed by atoms with Crippen molar-refractivity contribution in [2.24, 2.45) is 0 Å². The summed E-state index contributed by atoms with van der Waals surface area (Å²) in [5.41, 5.74) is -0.0826. The number of esters is 1. The highest BCUT2D eigenvalue weighted by Crippen LogP contribution is 2.14. The summed E-state index contributed by atoms with van der Waals surface area (Å²) in [5.74, 6) is -0.812. The maximum atomic E-state index is 12.3. The summed E-state index contributed by atoms with van der Waals surface area (Å²) in [6.07, 6.45) is -1.24. The Labute approximate surface area is 143 Å². The number of rotatable bonds is 9. The number of likely N-dealkylation sites (N-methyl/N-ethyl adjacent to an activating group) is 1. The van der Waals surface area contributed by atoms with Gasteiger partial charge in [0, 0.05) is 12.1 Å². The molecule has 1 unspecified atom stereocenters. The Kier molecular flexibility index (Phi) is 8.04. The van der Waals surface area contributed by atoms with Crippen molar-refractivity contribution in [2.75, 3.05) is 27.2 Å². The van der Waals surface area contributed by atoms with Crippen molar-refractivity contribution in [3.05, 3.63) is 35.9 Å². The van der Waals surface area contributed by atoms with E-state index in [1.165, 1.54) is 0 Å². The van der Waals surface area contributed by atoms with Gasteiger partial charge in [-0.25, -0.2) is 14.6 Å². The van der Waals surface area contributed by atoms with Gasteiger partial charge in [-0.2, -0.15) is 0 Å². The van der Waals surface area contributed by atoms with Gasteiger partial charge < -0.3 is 9.64 Å². The summed E-state index contributed by atoms with van der Waals surface area (Å²) in [4.78, 5) is 36.8. The van der Waals surface area contributed by atoms with Crippen LogP contribution in [0.25, 0.3) is 0 Å². The number of hydrogen-bond donors (Lipinski definition) is 0. The zero-order valence-electron chi connectivity index (χ0n) is 15.1. The predicted octanol–water partition coefficient (Wildman–Crippen LogP) is 2.48. The van der Waals surface area contributed by atoms with Crippen molar-refractivity contribution in [1.82, 2.24) is 4.90 Å². The summed E-state index contributed by atoms with van der Waals surface area (Å²) in [6.45, 7) is 6.19. The average molecular weight is 337 g/mol. The number of ether oxygens (including phenoxy) is 1. The highest BCUT2D eigenvalue weighted by atomic mass is 17.2. The SMILES string of the molecule is CN(C)CCOC(=O)C(CC(=O)c1ccccc1)OOC(C)(C)C. The second kappa shape index (κ2) is 9.52. The Balaban J connectivity index is 2.69. The fourth-order valence-electron chi connectivity index (χ4n) is 1.69. The first-order chi connectivity index (χ1) is 11.2. The molecule has 0 heterocycles. The molecule has 0 fully saturated rings. The van der Waals surface area contributed by atoms with Gasteiger partial charge in [-0.05, 0) is 34.9 Å². The maximum absolute atomic E-state index is 12.3. The van der Waals surface area contributed by atoms with Crippen molar-refractivity contribution in [2.45, 2.75) is 38.9 Å². The van der Waals surface area contributed by atoms with E-state index >= 15 is 0 Å². The highest BCUT2D eigenvalue weighted by molar-refractivity contribution is 5.98. The number of nitrogens with zero attached hydrogens (tertiary/aromatic N) is 1. The second-order valence-corrected chi connectivity index (χ2v) is 6.74. The van der Waals surface area contributed by atoms with E-state index in [-0.39, 0.29) is 18.8 Å². The van der Waals surface area contributed by atoms with Gasteiger partial charge >= 0.3 is 5.97 Å². The van der Waals surface area contributed by atoms with Crippen LogP contribution in [0.3, 0.4) is 0 Å². The maximum Gasteiger partial charge on any atom is 0.339 e. The van der Waals surface area contributed by atoms with Crippen LogP contribution in [-0.4, -0.2) is 55.6 Å². The van der Waals surface area contributed by atoms with Gasteiger partial charge in [0.1, 0.15) is 6.61 Å². The summed E-state index contributed by atoms with van der Waals surface area (Å²) in [5, 5.41) is 0. The minimum absolute atomic E-state index is 0.138. The van der Waals surface area contributed by atoms with Gasteiger partial charge in [0.2, 0.25) is 0 Å². The van der Waals surface area contributed by atoms with Gasteiger partial charge in [0.15, 0.2) is 11.9 Å². The van der Waals surface area contributed by atoms with Crippen LogP contribution in [0, 0.1) is 0 Å². The quantitative estimate of drug-likeness (QED) is 0.298. The molecule has 0 amide bonds. The van der Waals surface area contributed by atoms with E-state index in [1.807, 2.05) is 25.1 Å². The minimum atomic E-state index is -1.10. The van der Waals surface area contributed by atoms with Crippen LogP contribution in [0.5, 0.6) is 0 Å². The Morgan fingerprint density at radius 1 is 1.12 bits per heavy atom. The van der Waals surface area contributed by atoms with Crippen LogP contribution >= 0.6 is 0 Å². The largest absolute Gasteiger partial charge is 0.462 e. The smallest absolute Gasteiger partial charge is 0.339 e. The van der Waals surface area contributed by atoms with Gasteiger partial charge in [0.05, 0.1) is 12.0 Å². The predicted molar refractivity (Wildman–Crippen MR) is 90.6 cm³/mol. The lowest BCUT2D eigenvalue weighted by atomic mass is 10.1. The lowest BCUT2D eigenvalue weighted by Crippen LogP contribution is -2.34. The van der Waals surface area contributed by atoms with E-state index in [0.29, 0.717) is 12.1 Å². The van der Waals surface area contributed by atoms with E-state index < -0.39 is 17.7 Å². The summed E-state index contributed by atoms with van der Waals surface area (Å²) in [7, 11) is 3.76. The molecule has 0 aliphatic rings. The Morgan fingerprint density at radius 3 is 2.29 bits per heavy atom. The van der Waals surface area contributed by atoms with Crippen LogP contribution < -0.4 is 0 Å². The molecular weight excluding hydrogens is 310 g/mol. The molecule has 1 rings (SSSR count). The molecule has 6 nitrogen and oxygen atoms in total. The molecule has 0 bridgehead atoms. The van der Waals surface area contributed by atoms with Crippen LogP contribution in [0.1, 0.15) is 37.6 Å². The molecule has 134 valence electrons. The van der Waals surface area contributed by atoms with Crippen molar-refractivity contribution >= 4 is 11.8 Å². The standard InChI is InChI=1S/C18H27NO5/c1-18(2,3)24-23-16(17(21)22-12-11-19(4)5)13-15(20)14-9-7-6-8-10-14/h6-10,16H,11-13H2,1-5H3. The molecule has 6 heteroatoms. The van der Waals surface area contributed by atoms with Gasteiger partial charge in [0.25, 0.3) is 0 Å². The molecule has 0 aromatic heterocycles. The Bertz CT molecular complexity index is 522. The fraction of sp³-hybridized carbons (Fsp3) is 0.556. The summed E-state index contributed by atoms with van der Waals surface area (Å²) >= 11 is 0. The molecule has 0 saturated carbocycles. The van der Waals surface area contributed by atoms with E-state index in [1.54, 1.807) is 45.0 Å². The first-order valence-electron chi connectivity index (χ1n) is 7.93. The number of ketones is 1. The van der Waals surface area contributed by atoms with Crippen molar-refractivity contribution in [3.63, 3.8) is 0 Å². The molecular formula is C18H27NO5. The third-order valence-corrected chi connectivity index (χ3v) is 2.93. The van der Waals surface area contributed by atoms with Crippen molar-refractivity contribution < 1.29 is 24.1 Å². The third kappa shape index (κ3) is 8.19. The number of carbonyl (C=O) groups excluding carboxylic acids is 2. The molecule has 0 saturated heterocycles. The van der Waals surface area contributed by atoms with Gasteiger partial charge in [-0.3, -0.25) is 4.79 Å². The molecule has 0 radical (unpaired) electrons. The number of carbonyl (C=O) groups is 2. The molecule has 1 aromatic rings. The Hall–Kier alpha value is -1.76. The van der Waals surface area contributed by atoms with E-state index in [4.69, 9.17) is 14.5 Å². The number of hydrogen-bond acceptors (Lipinski definition) is 6. The highest BCUT2D eigenvalue weighted by Gasteiger charge is 2.28. The van der Waals surface area contributed by atoms with Gasteiger partial charge in [-0.1, -0.05) is 30.3 Å². The number of Topliss-reactive ketones (excluding diaryl/α,β-unsaturated/α-hetero) is 1. The van der Waals surface area contributed by atoms with Gasteiger partial charge in [-0.15, -0.1) is 0 Å². The van der Waals surface area contributed by atoms with Crippen LogP contribution in [0.15, 0.2) is 30.3 Å². The van der Waals surface area contributed by atoms with Crippen LogP contribution in [0.4, 0.5) is 0 Å². The molecule has 1 aromatic carbocycles. The normalized spacial score (nSPS) is 12.9. The minimum Gasteiger partial charge on any atom is -0.462 e. The van der Waals surface area contributed by atoms with E-state index in [2.05, 4.69) is 0 Å². The second-order valence-electron chi connectivity index (χ2n) is 6.74. The van der Waals surface area contributed by atoms with E-state index in [0.717, 1.165) is 0 Å². The fourth-order valence-corrected chi connectivity index (χ4v) is 1.69. The van der Waals surface area contributed by atoms with E-state index in [9.17, 15) is 9.59 Å². The third-order valence-electron chi connectivity index (χ3n) is 2.93. The topological polar surface area (TPSA) is 65.1 Å². The zero-order valence-corrected chi connectivity index (χ0v) is 15.1. The molecule has 0 N–H and O–H groups in total. The molecule has 24 heavy (non-hydrogen) atoms. The number of benzene rings is 1. The van der Waals surface area contributed by atoms with Crippen molar-refractivity contribution in [3.8, 4) is 0 Å². The average Bonchev–Trinajstić information content (AvgIpc) is 2.50. The first-order valence-corrected chi connectivity index (χ1v) is 7.93. The Morgan fingerprint density at radius 2 is 1.75 bits per heavy atom. The molecule has 0 aliphatic carbocycles.